The summed E-state index contributed by atoms with van der Waals surface area (Å²) in [7, 11) is 0. The van der Waals surface area contributed by atoms with E-state index < -0.39 is 0 Å². The predicted octanol–water partition coefficient (Wildman–Crippen LogP) is 1.93. The molecule has 1 aromatic rings. The van der Waals surface area contributed by atoms with Crippen LogP contribution in [-0.4, -0.2) is 42.6 Å². The SMILES string of the molecule is CC(=O)OC/C=C(\C)C(=O)NCCCCNC(=O)/C=C/c1ccc(O)cc1. The molecule has 146 valence electrons. The number of phenolic OH excluding ortho intramolecular Hbond substituents is 1. The zero-order chi connectivity index (χ0) is 20.1. The number of carbonyl (C=O) groups excluding carboxylic acids is 3. The Balaban J connectivity index is 2.14. The second-order valence-corrected chi connectivity index (χ2v) is 5.87. The van der Waals surface area contributed by atoms with Gasteiger partial charge >= 0.3 is 5.97 Å². The highest BCUT2D eigenvalue weighted by atomic mass is 16.5. The number of benzene rings is 1. The number of amides is 2. The maximum Gasteiger partial charge on any atom is 0.302 e. The van der Waals surface area contributed by atoms with Gasteiger partial charge in [0, 0.05) is 31.7 Å². The second kappa shape index (κ2) is 12.3. The van der Waals surface area contributed by atoms with Gasteiger partial charge < -0.3 is 20.5 Å². The number of nitrogens with one attached hydrogen (secondary N) is 2. The van der Waals surface area contributed by atoms with Crippen molar-refractivity contribution in [2.75, 3.05) is 19.7 Å². The van der Waals surface area contributed by atoms with Crippen molar-refractivity contribution < 1.29 is 24.2 Å². The molecular weight excluding hydrogens is 348 g/mol. The van der Waals surface area contributed by atoms with E-state index in [1.54, 1.807) is 43.3 Å². The Morgan fingerprint density at radius 2 is 1.67 bits per heavy atom. The third-order valence-corrected chi connectivity index (χ3v) is 3.54. The van der Waals surface area contributed by atoms with E-state index in [1.165, 1.54) is 13.0 Å². The van der Waals surface area contributed by atoms with Gasteiger partial charge in [0.15, 0.2) is 0 Å². The molecule has 0 fully saturated rings. The van der Waals surface area contributed by atoms with Gasteiger partial charge in [0.05, 0.1) is 0 Å². The Bertz CT molecular complexity index is 693. The second-order valence-electron chi connectivity index (χ2n) is 5.87. The summed E-state index contributed by atoms with van der Waals surface area (Å²) >= 11 is 0. The van der Waals surface area contributed by atoms with E-state index in [9.17, 15) is 19.5 Å². The molecule has 0 heterocycles. The first-order valence-corrected chi connectivity index (χ1v) is 8.71. The van der Waals surface area contributed by atoms with Crippen molar-refractivity contribution in [3.63, 3.8) is 0 Å². The van der Waals surface area contributed by atoms with Gasteiger partial charge in [-0.15, -0.1) is 0 Å². The van der Waals surface area contributed by atoms with Crippen molar-refractivity contribution in [2.24, 2.45) is 0 Å². The monoisotopic (exact) mass is 374 g/mol. The Labute approximate surface area is 159 Å². The minimum atomic E-state index is -0.389. The van der Waals surface area contributed by atoms with Crippen LogP contribution in [0.25, 0.3) is 6.08 Å². The molecule has 7 heteroatoms. The topological polar surface area (TPSA) is 105 Å². The van der Waals surface area contributed by atoms with E-state index in [0.717, 1.165) is 18.4 Å². The normalized spacial score (nSPS) is 11.3. The van der Waals surface area contributed by atoms with Crippen LogP contribution in [0.15, 0.2) is 42.0 Å². The number of ether oxygens (including phenoxy) is 1. The molecule has 1 rings (SSSR count). The van der Waals surface area contributed by atoms with E-state index >= 15 is 0 Å². The smallest absolute Gasteiger partial charge is 0.302 e. The summed E-state index contributed by atoms with van der Waals surface area (Å²) in [6.45, 7) is 4.05. The summed E-state index contributed by atoms with van der Waals surface area (Å²) in [5.74, 6) is -0.613. The lowest BCUT2D eigenvalue weighted by molar-refractivity contribution is -0.139. The largest absolute Gasteiger partial charge is 0.508 e. The van der Waals surface area contributed by atoms with Crippen molar-refractivity contribution in [3.05, 3.63) is 47.6 Å². The van der Waals surface area contributed by atoms with Crippen molar-refractivity contribution >= 4 is 23.9 Å². The number of esters is 1. The van der Waals surface area contributed by atoms with Crippen LogP contribution in [0.4, 0.5) is 0 Å². The maximum absolute atomic E-state index is 11.8. The van der Waals surface area contributed by atoms with Crippen LogP contribution in [0.2, 0.25) is 0 Å². The molecule has 0 saturated heterocycles. The summed E-state index contributed by atoms with van der Waals surface area (Å²) in [5, 5.41) is 14.7. The van der Waals surface area contributed by atoms with Gasteiger partial charge in [0.1, 0.15) is 12.4 Å². The van der Waals surface area contributed by atoms with Crippen LogP contribution in [0.1, 0.15) is 32.3 Å². The highest BCUT2D eigenvalue weighted by Gasteiger charge is 2.03. The van der Waals surface area contributed by atoms with Crippen LogP contribution < -0.4 is 10.6 Å². The molecule has 0 atom stereocenters. The molecule has 2 amide bonds. The van der Waals surface area contributed by atoms with Gasteiger partial charge in [-0.25, -0.2) is 0 Å². The summed E-state index contributed by atoms with van der Waals surface area (Å²) in [6.07, 6.45) is 6.11. The van der Waals surface area contributed by atoms with Crippen LogP contribution >= 0.6 is 0 Å². The van der Waals surface area contributed by atoms with Crippen LogP contribution in [0, 0.1) is 0 Å². The van der Waals surface area contributed by atoms with Gasteiger partial charge in [-0.1, -0.05) is 12.1 Å². The first-order chi connectivity index (χ1) is 12.9. The molecular formula is C20H26N2O5. The number of carbonyl (C=O) groups is 3. The van der Waals surface area contributed by atoms with Crippen molar-refractivity contribution in [1.82, 2.24) is 10.6 Å². The zero-order valence-corrected chi connectivity index (χ0v) is 15.7. The maximum atomic E-state index is 11.8. The molecule has 0 aliphatic heterocycles. The number of hydrogen-bond donors (Lipinski definition) is 3. The molecule has 0 spiro atoms. The van der Waals surface area contributed by atoms with Crippen LogP contribution in [0.3, 0.4) is 0 Å². The minimum Gasteiger partial charge on any atom is -0.508 e. The van der Waals surface area contributed by atoms with E-state index in [2.05, 4.69) is 10.6 Å². The van der Waals surface area contributed by atoms with Gasteiger partial charge in [0.2, 0.25) is 11.8 Å². The van der Waals surface area contributed by atoms with E-state index in [1.807, 2.05) is 0 Å². The molecule has 0 bridgehead atoms. The number of rotatable bonds is 10. The molecule has 0 aliphatic rings. The Morgan fingerprint density at radius 1 is 1.04 bits per heavy atom. The van der Waals surface area contributed by atoms with E-state index in [-0.39, 0.29) is 30.1 Å². The predicted molar refractivity (Wildman–Crippen MR) is 103 cm³/mol. The molecule has 3 N–H and O–H groups in total. The van der Waals surface area contributed by atoms with Crippen molar-refractivity contribution in [1.29, 1.82) is 0 Å². The Hall–Kier alpha value is -3.09. The Kier molecular flexibility index (Phi) is 10.00. The third-order valence-electron chi connectivity index (χ3n) is 3.54. The highest BCUT2D eigenvalue weighted by Crippen LogP contribution is 2.10. The van der Waals surface area contributed by atoms with Gasteiger partial charge in [0.25, 0.3) is 0 Å². The quantitative estimate of drug-likeness (QED) is 0.330. The van der Waals surface area contributed by atoms with Gasteiger partial charge in [-0.05, 0) is 49.6 Å². The van der Waals surface area contributed by atoms with Crippen LogP contribution in [-0.2, 0) is 19.1 Å². The molecule has 0 radical (unpaired) electrons. The number of phenols is 1. The lowest BCUT2D eigenvalue weighted by atomic mass is 10.2. The van der Waals surface area contributed by atoms with Crippen molar-refractivity contribution in [2.45, 2.75) is 26.7 Å². The van der Waals surface area contributed by atoms with Gasteiger partial charge in [-0.3, -0.25) is 14.4 Å². The lowest BCUT2D eigenvalue weighted by Gasteiger charge is -2.06. The fraction of sp³-hybridized carbons (Fsp3) is 0.350. The average Bonchev–Trinajstić information content (AvgIpc) is 2.63. The Morgan fingerprint density at radius 3 is 2.30 bits per heavy atom. The number of aromatic hydroxyl groups is 1. The molecule has 7 nitrogen and oxygen atoms in total. The van der Waals surface area contributed by atoms with Gasteiger partial charge in [-0.2, -0.15) is 0 Å². The molecule has 0 aliphatic carbocycles. The zero-order valence-electron chi connectivity index (χ0n) is 15.7. The third kappa shape index (κ3) is 10.5. The fourth-order valence-corrected chi connectivity index (χ4v) is 2.00. The van der Waals surface area contributed by atoms with E-state index in [0.29, 0.717) is 18.7 Å². The molecule has 1 aromatic carbocycles. The minimum absolute atomic E-state index is 0.0816. The number of unbranched alkanes of at least 4 members (excludes halogenated alkanes) is 1. The van der Waals surface area contributed by atoms with E-state index in [4.69, 9.17) is 4.74 Å². The summed E-state index contributed by atoms with van der Waals surface area (Å²) in [6, 6.07) is 6.53. The van der Waals surface area contributed by atoms with Crippen molar-refractivity contribution in [3.8, 4) is 5.75 Å². The molecule has 0 aromatic heterocycles. The molecule has 0 unspecified atom stereocenters. The molecule has 0 saturated carbocycles. The average molecular weight is 374 g/mol. The lowest BCUT2D eigenvalue weighted by Crippen LogP contribution is -2.27. The summed E-state index contributed by atoms with van der Waals surface area (Å²) < 4.78 is 4.74. The fourth-order valence-electron chi connectivity index (χ4n) is 2.00. The van der Waals surface area contributed by atoms with Crippen LogP contribution in [0.5, 0.6) is 5.75 Å². The molecule has 27 heavy (non-hydrogen) atoms. The highest BCUT2D eigenvalue weighted by molar-refractivity contribution is 5.92. The first kappa shape index (κ1) is 22.0. The standard InChI is InChI=1S/C20H26N2O5/c1-15(11-14-27-16(2)23)20(26)22-13-4-3-12-21-19(25)10-7-17-5-8-18(24)9-6-17/h5-11,24H,3-4,12-14H2,1-2H3,(H,21,25)(H,22,26)/b10-7+,15-11+. The summed E-state index contributed by atoms with van der Waals surface area (Å²) in [4.78, 5) is 34.1. The first-order valence-electron chi connectivity index (χ1n) is 8.71. The summed E-state index contributed by atoms with van der Waals surface area (Å²) in [5.41, 5.74) is 1.31. The number of hydrogen-bond acceptors (Lipinski definition) is 5.